The first-order valence-corrected chi connectivity index (χ1v) is 8.15. The van der Waals surface area contributed by atoms with Gasteiger partial charge >= 0.3 is 0 Å². The van der Waals surface area contributed by atoms with Gasteiger partial charge in [0.25, 0.3) is 0 Å². The Morgan fingerprint density at radius 3 is 2.63 bits per heavy atom. The van der Waals surface area contributed by atoms with Crippen molar-refractivity contribution in [2.24, 2.45) is 5.92 Å². The molecule has 1 aromatic rings. The third-order valence-electron chi connectivity index (χ3n) is 3.31. The summed E-state index contributed by atoms with van der Waals surface area (Å²) in [5.74, 6) is 0.346. The molecule has 1 saturated heterocycles. The van der Waals surface area contributed by atoms with E-state index in [-0.39, 0.29) is 20.5 Å². The van der Waals surface area contributed by atoms with Crippen molar-refractivity contribution in [1.29, 1.82) is 0 Å². The van der Waals surface area contributed by atoms with E-state index in [2.05, 4.69) is 0 Å². The van der Waals surface area contributed by atoms with Gasteiger partial charge < -0.3 is 5.11 Å². The molecule has 0 aliphatic carbocycles. The summed E-state index contributed by atoms with van der Waals surface area (Å²) in [5, 5.41) is 9.49. The molecule has 19 heavy (non-hydrogen) atoms. The largest absolute Gasteiger partial charge is 0.392 e. The molecular formula is C12H15Cl2NO3S. The molecule has 0 saturated carbocycles. The standard InChI is InChI=1S/C12H15Cl2NO3S/c1-8-4-5-15(6-8)19(17,18)11-3-2-10(13)9(7-16)12(11)14/h2-3,8,16H,4-7H2,1H3. The van der Waals surface area contributed by atoms with Gasteiger partial charge in [-0.1, -0.05) is 30.1 Å². The van der Waals surface area contributed by atoms with Crippen molar-refractivity contribution in [2.75, 3.05) is 13.1 Å². The minimum absolute atomic E-state index is 0.00885. The average molecular weight is 324 g/mol. The van der Waals surface area contributed by atoms with Crippen molar-refractivity contribution in [2.45, 2.75) is 24.8 Å². The third kappa shape index (κ3) is 2.76. The van der Waals surface area contributed by atoms with E-state index in [0.717, 1.165) is 6.42 Å². The lowest BCUT2D eigenvalue weighted by molar-refractivity contribution is 0.281. The minimum Gasteiger partial charge on any atom is -0.392 e. The van der Waals surface area contributed by atoms with Gasteiger partial charge in [-0.25, -0.2) is 8.42 Å². The fraction of sp³-hybridized carbons (Fsp3) is 0.500. The summed E-state index contributed by atoms with van der Waals surface area (Å²) < 4.78 is 26.4. The van der Waals surface area contributed by atoms with Gasteiger partial charge in [0.2, 0.25) is 10.0 Å². The zero-order valence-electron chi connectivity index (χ0n) is 10.4. The van der Waals surface area contributed by atoms with Gasteiger partial charge in [0.1, 0.15) is 4.90 Å². The molecule has 1 aliphatic rings. The Kier molecular flexibility index (Phi) is 4.42. The first-order valence-electron chi connectivity index (χ1n) is 5.95. The highest BCUT2D eigenvalue weighted by Gasteiger charge is 2.32. The fourth-order valence-electron chi connectivity index (χ4n) is 2.17. The van der Waals surface area contributed by atoms with Crippen LogP contribution in [0.25, 0.3) is 0 Å². The van der Waals surface area contributed by atoms with Gasteiger partial charge in [0.05, 0.1) is 11.6 Å². The number of aliphatic hydroxyl groups is 1. The van der Waals surface area contributed by atoms with E-state index in [1.807, 2.05) is 6.92 Å². The van der Waals surface area contributed by atoms with Crippen LogP contribution in [0.4, 0.5) is 0 Å². The molecule has 7 heteroatoms. The van der Waals surface area contributed by atoms with E-state index >= 15 is 0 Å². The number of benzene rings is 1. The fourth-order valence-corrected chi connectivity index (χ4v) is 4.62. The van der Waals surface area contributed by atoms with Crippen LogP contribution in [0.2, 0.25) is 10.0 Å². The van der Waals surface area contributed by atoms with Crippen molar-refractivity contribution in [1.82, 2.24) is 4.31 Å². The van der Waals surface area contributed by atoms with Crippen LogP contribution in [-0.2, 0) is 16.6 Å². The first-order chi connectivity index (χ1) is 8.87. The maximum Gasteiger partial charge on any atom is 0.244 e. The van der Waals surface area contributed by atoms with E-state index in [1.54, 1.807) is 0 Å². The normalized spacial score (nSPS) is 20.9. The Morgan fingerprint density at radius 1 is 1.42 bits per heavy atom. The summed E-state index contributed by atoms with van der Waals surface area (Å²) in [6.07, 6.45) is 0.845. The summed E-state index contributed by atoms with van der Waals surface area (Å²) in [6, 6.07) is 2.84. The highest BCUT2D eigenvalue weighted by Crippen LogP contribution is 2.34. The molecule has 1 unspecified atom stereocenters. The molecule has 0 amide bonds. The van der Waals surface area contributed by atoms with Gasteiger partial charge in [-0.3, -0.25) is 0 Å². The SMILES string of the molecule is CC1CCN(S(=O)(=O)c2ccc(Cl)c(CO)c2Cl)C1. The molecule has 106 valence electrons. The number of sulfonamides is 1. The molecule has 1 aliphatic heterocycles. The number of rotatable bonds is 3. The van der Waals surface area contributed by atoms with Gasteiger partial charge in [0, 0.05) is 23.7 Å². The number of nitrogens with zero attached hydrogens (tertiary/aromatic N) is 1. The number of halogens is 2. The lowest BCUT2D eigenvalue weighted by atomic mass is 10.2. The first kappa shape index (κ1) is 15.1. The molecule has 1 N–H and O–H groups in total. The molecular weight excluding hydrogens is 309 g/mol. The molecule has 1 atom stereocenters. The Bertz CT molecular complexity index is 589. The van der Waals surface area contributed by atoms with Crippen LogP contribution in [0, 0.1) is 5.92 Å². The highest BCUT2D eigenvalue weighted by molar-refractivity contribution is 7.89. The van der Waals surface area contributed by atoms with Gasteiger partial charge in [-0.05, 0) is 24.5 Å². The molecule has 0 spiro atoms. The van der Waals surface area contributed by atoms with Gasteiger partial charge in [0.15, 0.2) is 0 Å². The monoisotopic (exact) mass is 323 g/mol. The van der Waals surface area contributed by atoms with Crippen molar-refractivity contribution >= 4 is 33.2 Å². The molecule has 4 nitrogen and oxygen atoms in total. The van der Waals surface area contributed by atoms with Crippen LogP contribution < -0.4 is 0 Å². The summed E-state index contributed by atoms with van der Waals surface area (Å²) in [5.41, 5.74) is 0.247. The van der Waals surface area contributed by atoms with E-state index in [0.29, 0.717) is 19.0 Å². The second-order valence-corrected chi connectivity index (χ2v) is 7.44. The highest BCUT2D eigenvalue weighted by atomic mass is 35.5. The molecule has 0 radical (unpaired) electrons. The Balaban J connectivity index is 2.47. The molecule has 2 rings (SSSR count). The van der Waals surface area contributed by atoms with Gasteiger partial charge in [-0.2, -0.15) is 4.31 Å². The summed E-state index contributed by atoms with van der Waals surface area (Å²) in [7, 11) is -3.62. The van der Waals surface area contributed by atoms with Crippen LogP contribution in [0.1, 0.15) is 18.9 Å². The molecule has 1 heterocycles. The van der Waals surface area contributed by atoms with E-state index in [1.165, 1.54) is 16.4 Å². The Morgan fingerprint density at radius 2 is 2.11 bits per heavy atom. The van der Waals surface area contributed by atoms with Crippen LogP contribution in [0.5, 0.6) is 0 Å². The van der Waals surface area contributed by atoms with E-state index in [9.17, 15) is 13.5 Å². The summed E-state index contributed by atoms with van der Waals surface area (Å²) in [4.78, 5) is 0.0108. The third-order valence-corrected chi connectivity index (χ3v) is 6.12. The summed E-state index contributed by atoms with van der Waals surface area (Å²) >= 11 is 11.9. The maximum absolute atomic E-state index is 12.5. The van der Waals surface area contributed by atoms with Crippen LogP contribution >= 0.6 is 23.2 Å². The van der Waals surface area contributed by atoms with E-state index in [4.69, 9.17) is 23.2 Å². The van der Waals surface area contributed by atoms with Crippen molar-refractivity contribution < 1.29 is 13.5 Å². The summed E-state index contributed by atoms with van der Waals surface area (Å²) in [6.45, 7) is 2.61. The smallest absolute Gasteiger partial charge is 0.244 e. The predicted octanol–water partition coefficient (Wildman–Crippen LogP) is 2.52. The van der Waals surface area contributed by atoms with Crippen molar-refractivity contribution in [3.63, 3.8) is 0 Å². The van der Waals surface area contributed by atoms with E-state index < -0.39 is 16.6 Å². The van der Waals surface area contributed by atoms with Gasteiger partial charge in [-0.15, -0.1) is 0 Å². The Hall–Kier alpha value is -0.330. The molecule has 0 bridgehead atoms. The lowest BCUT2D eigenvalue weighted by Gasteiger charge is -2.18. The van der Waals surface area contributed by atoms with Crippen LogP contribution in [0.15, 0.2) is 17.0 Å². The second kappa shape index (κ2) is 5.58. The molecule has 0 aromatic heterocycles. The van der Waals surface area contributed by atoms with Crippen molar-refractivity contribution in [3.05, 3.63) is 27.7 Å². The minimum atomic E-state index is -3.62. The molecule has 1 fully saturated rings. The number of hydrogen-bond acceptors (Lipinski definition) is 3. The number of hydrogen-bond donors (Lipinski definition) is 1. The predicted molar refractivity (Wildman–Crippen MR) is 74.9 cm³/mol. The number of aliphatic hydroxyl groups excluding tert-OH is 1. The van der Waals surface area contributed by atoms with Crippen LogP contribution in [0.3, 0.4) is 0 Å². The average Bonchev–Trinajstić information content (AvgIpc) is 2.77. The zero-order chi connectivity index (χ0) is 14.2. The zero-order valence-corrected chi connectivity index (χ0v) is 12.8. The Labute approximate surface area is 123 Å². The second-order valence-electron chi connectivity index (χ2n) is 4.75. The topological polar surface area (TPSA) is 57.6 Å². The lowest BCUT2D eigenvalue weighted by Crippen LogP contribution is -2.29. The van der Waals surface area contributed by atoms with Crippen LogP contribution in [-0.4, -0.2) is 30.9 Å². The maximum atomic E-state index is 12.5. The van der Waals surface area contributed by atoms with Crippen molar-refractivity contribution in [3.8, 4) is 0 Å². The quantitative estimate of drug-likeness (QED) is 0.929. The molecule has 1 aromatic carbocycles.